The van der Waals surface area contributed by atoms with Crippen LogP contribution in [0, 0.1) is 12.7 Å². The molecule has 0 saturated carbocycles. The van der Waals surface area contributed by atoms with Gasteiger partial charge in [0.1, 0.15) is 10.8 Å². The van der Waals surface area contributed by atoms with E-state index in [-0.39, 0.29) is 18.2 Å². The van der Waals surface area contributed by atoms with Crippen LogP contribution in [0.5, 0.6) is 0 Å². The number of aryl methyl sites for hydroxylation is 1. The first-order valence-corrected chi connectivity index (χ1v) is 6.33. The van der Waals surface area contributed by atoms with Crippen LogP contribution >= 0.6 is 11.3 Å². The van der Waals surface area contributed by atoms with Crippen molar-refractivity contribution in [2.24, 2.45) is 0 Å². The van der Waals surface area contributed by atoms with Crippen LogP contribution in [0.3, 0.4) is 0 Å². The summed E-state index contributed by atoms with van der Waals surface area (Å²) in [5.41, 5.74) is 1.64. The summed E-state index contributed by atoms with van der Waals surface area (Å²) in [5.74, 6) is -1.54. The molecule has 2 rings (SSSR count). The van der Waals surface area contributed by atoms with E-state index >= 15 is 0 Å². The molecule has 5 heteroatoms. The van der Waals surface area contributed by atoms with E-state index in [0.717, 1.165) is 16.3 Å². The topological polar surface area (TPSA) is 50.2 Å². The standard InChI is InChI=1S/C13H12FNO2S/c1-8-7-18-13(15-8)11(6-12(16)17)9-2-4-10(14)5-3-9/h2-5,7,11H,6H2,1H3,(H,16,17). The number of nitrogens with zero attached hydrogens (tertiary/aromatic N) is 1. The first kappa shape index (κ1) is 12.7. The van der Waals surface area contributed by atoms with Crippen molar-refractivity contribution in [3.63, 3.8) is 0 Å². The third kappa shape index (κ3) is 2.92. The van der Waals surface area contributed by atoms with Gasteiger partial charge in [-0.25, -0.2) is 9.37 Å². The Morgan fingerprint density at radius 3 is 2.61 bits per heavy atom. The van der Waals surface area contributed by atoms with Gasteiger partial charge in [0, 0.05) is 17.0 Å². The van der Waals surface area contributed by atoms with Gasteiger partial charge < -0.3 is 5.11 Å². The zero-order chi connectivity index (χ0) is 13.1. The third-order valence-corrected chi connectivity index (χ3v) is 3.66. The molecule has 0 spiro atoms. The molecule has 18 heavy (non-hydrogen) atoms. The lowest BCUT2D eigenvalue weighted by molar-refractivity contribution is -0.137. The fraction of sp³-hybridized carbons (Fsp3) is 0.231. The molecule has 0 aliphatic carbocycles. The lowest BCUT2D eigenvalue weighted by Crippen LogP contribution is -2.08. The summed E-state index contributed by atoms with van der Waals surface area (Å²) in [5, 5.41) is 11.6. The molecule has 1 heterocycles. The molecule has 0 fully saturated rings. The highest BCUT2D eigenvalue weighted by molar-refractivity contribution is 7.09. The maximum atomic E-state index is 12.9. The SMILES string of the molecule is Cc1csc(C(CC(=O)O)c2ccc(F)cc2)n1. The Labute approximate surface area is 108 Å². The number of hydrogen-bond donors (Lipinski definition) is 1. The van der Waals surface area contributed by atoms with Gasteiger partial charge in [0.15, 0.2) is 0 Å². The molecular weight excluding hydrogens is 253 g/mol. The molecule has 0 saturated heterocycles. The Hall–Kier alpha value is -1.75. The summed E-state index contributed by atoms with van der Waals surface area (Å²) in [6.45, 7) is 1.86. The Bertz CT molecular complexity index is 550. The zero-order valence-corrected chi connectivity index (χ0v) is 10.6. The molecule has 94 valence electrons. The average Bonchev–Trinajstić information content (AvgIpc) is 2.74. The van der Waals surface area contributed by atoms with Gasteiger partial charge in [-0.3, -0.25) is 4.79 Å². The highest BCUT2D eigenvalue weighted by Gasteiger charge is 2.20. The summed E-state index contributed by atoms with van der Waals surface area (Å²) in [7, 11) is 0. The summed E-state index contributed by atoms with van der Waals surface area (Å²) in [6, 6.07) is 5.90. The van der Waals surface area contributed by atoms with Gasteiger partial charge in [-0.1, -0.05) is 12.1 Å². The molecule has 1 aromatic carbocycles. The third-order valence-electron chi connectivity index (χ3n) is 2.59. The van der Waals surface area contributed by atoms with Gasteiger partial charge >= 0.3 is 5.97 Å². The number of benzene rings is 1. The lowest BCUT2D eigenvalue weighted by atomic mass is 9.96. The van der Waals surface area contributed by atoms with Gasteiger partial charge in [-0.15, -0.1) is 11.3 Å². The molecule has 0 radical (unpaired) electrons. The van der Waals surface area contributed by atoms with E-state index in [1.54, 1.807) is 12.1 Å². The number of halogens is 1. The van der Waals surface area contributed by atoms with Crippen molar-refractivity contribution in [2.45, 2.75) is 19.3 Å². The predicted molar refractivity (Wildman–Crippen MR) is 67.3 cm³/mol. The number of carbonyl (C=O) groups is 1. The molecule has 1 N–H and O–H groups in total. The molecule has 1 aromatic heterocycles. The Morgan fingerprint density at radius 2 is 2.11 bits per heavy atom. The second kappa shape index (κ2) is 5.27. The van der Waals surface area contributed by atoms with Gasteiger partial charge in [0.2, 0.25) is 0 Å². The van der Waals surface area contributed by atoms with E-state index in [0.29, 0.717) is 0 Å². The first-order chi connectivity index (χ1) is 8.56. The lowest BCUT2D eigenvalue weighted by Gasteiger charge is -2.12. The fourth-order valence-electron chi connectivity index (χ4n) is 1.75. The van der Waals surface area contributed by atoms with Gasteiger partial charge in [0.25, 0.3) is 0 Å². The molecule has 1 atom stereocenters. The van der Waals surface area contributed by atoms with Crippen molar-refractivity contribution >= 4 is 17.3 Å². The number of carboxylic acids is 1. The minimum absolute atomic E-state index is 0.0431. The average molecular weight is 265 g/mol. The summed E-state index contributed by atoms with van der Waals surface area (Å²) >= 11 is 1.43. The van der Waals surface area contributed by atoms with E-state index in [4.69, 9.17) is 5.11 Å². The molecule has 0 aliphatic heterocycles. The maximum Gasteiger partial charge on any atom is 0.304 e. The quantitative estimate of drug-likeness (QED) is 0.923. The van der Waals surface area contributed by atoms with E-state index in [2.05, 4.69) is 4.98 Å². The molecule has 2 aromatic rings. The highest BCUT2D eigenvalue weighted by Crippen LogP contribution is 2.30. The van der Waals surface area contributed by atoms with Crippen LogP contribution < -0.4 is 0 Å². The second-order valence-electron chi connectivity index (χ2n) is 4.03. The number of aromatic nitrogens is 1. The minimum atomic E-state index is -0.892. The smallest absolute Gasteiger partial charge is 0.304 e. The number of carboxylic acid groups (broad SMARTS) is 1. The minimum Gasteiger partial charge on any atom is -0.481 e. The summed E-state index contributed by atoms with van der Waals surface area (Å²) < 4.78 is 12.9. The molecule has 0 amide bonds. The van der Waals surface area contributed by atoms with Crippen molar-refractivity contribution in [1.82, 2.24) is 4.98 Å². The van der Waals surface area contributed by atoms with Crippen LogP contribution in [-0.4, -0.2) is 16.1 Å². The molecule has 0 bridgehead atoms. The van der Waals surface area contributed by atoms with Crippen LogP contribution in [-0.2, 0) is 4.79 Å². The predicted octanol–water partition coefficient (Wildman–Crippen LogP) is 3.20. The molecule has 3 nitrogen and oxygen atoms in total. The molecule has 0 aliphatic rings. The first-order valence-electron chi connectivity index (χ1n) is 5.45. The van der Waals surface area contributed by atoms with Gasteiger partial charge in [-0.2, -0.15) is 0 Å². The van der Waals surface area contributed by atoms with Gasteiger partial charge in [-0.05, 0) is 24.6 Å². The largest absolute Gasteiger partial charge is 0.481 e. The summed E-state index contributed by atoms with van der Waals surface area (Å²) in [4.78, 5) is 15.3. The Morgan fingerprint density at radius 1 is 1.44 bits per heavy atom. The maximum absolute atomic E-state index is 12.9. The fourth-order valence-corrected chi connectivity index (χ4v) is 2.67. The van der Waals surface area contributed by atoms with Crippen molar-refractivity contribution in [3.05, 3.63) is 51.7 Å². The Balaban J connectivity index is 2.36. The number of aliphatic carboxylic acids is 1. The van der Waals surface area contributed by atoms with Crippen LogP contribution in [0.2, 0.25) is 0 Å². The monoisotopic (exact) mass is 265 g/mol. The Kier molecular flexibility index (Phi) is 3.72. The van der Waals surface area contributed by atoms with Gasteiger partial charge in [0.05, 0.1) is 6.42 Å². The van der Waals surface area contributed by atoms with Crippen molar-refractivity contribution in [3.8, 4) is 0 Å². The van der Waals surface area contributed by atoms with Crippen LogP contribution in [0.25, 0.3) is 0 Å². The zero-order valence-electron chi connectivity index (χ0n) is 9.76. The number of thiazole rings is 1. The van der Waals surface area contributed by atoms with Crippen LogP contribution in [0.4, 0.5) is 4.39 Å². The second-order valence-corrected chi connectivity index (χ2v) is 4.92. The van der Waals surface area contributed by atoms with Crippen LogP contribution in [0.1, 0.15) is 28.6 Å². The van der Waals surface area contributed by atoms with Crippen LogP contribution in [0.15, 0.2) is 29.6 Å². The van der Waals surface area contributed by atoms with E-state index < -0.39 is 5.97 Å². The van der Waals surface area contributed by atoms with E-state index in [1.807, 2.05) is 12.3 Å². The normalized spacial score (nSPS) is 12.3. The summed E-state index contributed by atoms with van der Waals surface area (Å²) in [6.07, 6.45) is -0.0431. The number of hydrogen-bond acceptors (Lipinski definition) is 3. The highest BCUT2D eigenvalue weighted by atomic mass is 32.1. The van der Waals surface area contributed by atoms with Crippen molar-refractivity contribution in [1.29, 1.82) is 0 Å². The van der Waals surface area contributed by atoms with E-state index in [9.17, 15) is 9.18 Å². The number of rotatable bonds is 4. The molecule has 1 unspecified atom stereocenters. The van der Waals surface area contributed by atoms with E-state index in [1.165, 1.54) is 23.5 Å². The van der Waals surface area contributed by atoms with Crippen molar-refractivity contribution < 1.29 is 14.3 Å². The molecular formula is C13H12FNO2S. The van der Waals surface area contributed by atoms with Crippen molar-refractivity contribution in [2.75, 3.05) is 0 Å².